The molecule has 2 aromatic rings. The van der Waals surface area contributed by atoms with E-state index >= 15 is 0 Å². The van der Waals surface area contributed by atoms with Gasteiger partial charge in [0, 0.05) is 44.3 Å². The molecule has 27 heavy (non-hydrogen) atoms. The van der Waals surface area contributed by atoms with Gasteiger partial charge in [0.05, 0.1) is 17.3 Å². The lowest BCUT2D eigenvalue weighted by Gasteiger charge is -2.39. The van der Waals surface area contributed by atoms with Crippen LogP contribution < -0.4 is 0 Å². The molecule has 2 saturated heterocycles. The van der Waals surface area contributed by atoms with E-state index in [1.807, 2.05) is 12.3 Å². The number of carbonyl (C=O) groups excluding carboxylic acids is 1. The van der Waals surface area contributed by atoms with Gasteiger partial charge in [0.1, 0.15) is 0 Å². The number of hydrogen-bond acceptors (Lipinski definition) is 3. The van der Waals surface area contributed by atoms with Crippen LogP contribution in [0.2, 0.25) is 0 Å². The van der Waals surface area contributed by atoms with Crippen molar-refractivity contribution < 1.29 is 4.79 Å². The van der Waals surface area contributed by atoms with Crippen molar-refractivity contribution in [1.82, 2.24) is 19.4 Å². The van der Waals surface area contributed by atoms with Crippen LogP contribution in [-0.4, -0.2) is 51.4 Å². The summed E-state index contributed by atoms with van der Waals surface area (Å²) in [5.74, 6) is 1.22. The number of pyridine rings is 1. The monoisotopic (exact) mass is 364 g/mol. The molecule has 1 atom stereocenters. The van der Waals surface area contributed by atoms with Crippen LogP contribution >= 0.6 is 0 Å². The predicted molar refractivity (Wildman–Crippen MR) is 104 cm³/mol. The van der Waals surface area contributed by atoms with Crippen molar-refractivity contribution in [3.63, 3.8) is 0 Å². The minimum absolute atomic E-state index is 0.126. The SMILES string of the molecule is O=C1N(CC2CC2)CCC[C@@]12CCN(Cc1cccn1-c1cccnc1)C2. The predicted octanol–water partition coefficient (Wildman–Crippen LogP) is 3.10. The molecular weight excluding hydrogens is 336 g/mol. The molecule has 1 saturated carbocycles. The fourth-order valence-corrected chi connectivity index (χ4v) is 4.93. The first-order valence-corrected chi connectivity index (χ1v) is 10.3. The molecule has 1 spiro atoms. The van der Waals surface area contributed by atoms with Gasteiger partial charge in [-0.15, -0.1) is 0 Å². The highest BCUT2D eigenvalue weighted by molar-refractivity contribution is 5.84. The van der Waals surface area contributed by atoms with Crippen molar-refractivity contribution in [2.24, 2.45) is 11.3 Å². The second-order valence-corrected chi connectivity index (χ2v) is 8.62. The van der Waals surface area contributed by atoms with E-state index in [9.17, 15) is 4.79 Å². The van der Waals surface area contributed by atoms with Crippen LogP contribution in [0, 0.1) is 11.3 Å². The van der Waals surface area contributed by atoms with Crippen molar-refractivity contribution in [1.29, 1.82) is 0 Å². The van der Waals surface area contributed by atoms with E-state index in [-0.39, 0.29) is 5.41 Å². The van der Waals surface area contributed by atoms with Gasteiger partial charge in [0.25, 0.3) is 0 Å². The van der Waals surface area contributed by atoms with E-state index in [1.165, 1.54) is 25.0 Å². The molecule has 0 aromatic carbocycles. The number of hydrogen-bond donors (Lipinski definition) is 0. The summed E-state index contributed by atoms with van der Waals surface area (Å²) in [5.41, 5.74) is 2.23. The lowest BCUT2D eigenvalue weighted by Crippen LogP contribution is -2.50. The minimum atomic E-state index is -0.126. The van der Waals surface area contributed by atoms with Gasteiger partial charge in [0.15, 0.2) is 0 Å². The van der Waals surface area contributed by atoms with Gasteiger partial charge >= 0.3 is 0 Å². The maximum atomic E-state index is 13.2. The quantitative estimate of drug-likeness (QED) is 0.819. The van der Waals surface area contributed by atoms with E-state index in [1.54, 1.807) is 6.20 Å². The second kappa shape index (κ2) is 6.79. The first kappa shape index (κ1) is 17.0. The van der Waals surface area contributed by atoms with Crippen molar-refractivity contribution in [3.05, 3.63) is 48.5 Å². The third-order valence-corrected chi connectivity index (χ3v) is 6.58. The largest absolute Gasteiger partial charge is 0.342 e. The minimum Gasteiger partial charge on any atom is -0.342 e. The van der Waals surface area contributed by atoms with Gasteiger partial charge in [-0.25, -0.2) is 0 Å². The summed E-state index contributed by atoms with van der Waals surface area (Å²) in [6, 6.07) is 8.33. The Labute approximate surface area is 161 Å². The highest BCUT2D eigenvalue weighted by Gasteiger charge is 2.48. The zero-order valence-corrected chi connectivity index (χ0v) is 15.9. The summed E-state index contributed by atoms with van der Waals surface area (Å²) in [6.07, 6.45) is 11.7. The molecule has 0 bridgehead atoms. The van der Waals surface area contributed by atoms with Crippen LogP contribution in [0.5, 0.6) is 0 Å². The van der Waals surface area contributed by atoms with Gasteiger partial charge in [-0.05, 0) is 68.8 Å². The van der Waals surface area contributed by atoms with Crippen molar-refractivity contribution in [2.45, 2.75) is 38.6 Å². The van der Waals surface area contributed by atoms with E-state index in [4.69, 9.17) is 0 Å². The average molecular weight is 364 g/mol. The van der Waals surface area contributed by atoms with Gasteiger partial charge < -0.3 is 9.47 Å². The third kappa shape index (κ3) is 3.29. The average Bonchev–Trinajstić information content (AvgIpc) is 3.23. The Bertz CT molecular complexity index is 813. The molecule has 3 fully saturated rings. The van der Waals surface area contributed by atoms with Crippen LogP contribution in [0.15, 0.2) is 42.9 Å². The highest BCUT2D eigenvalue weighted by atomic mass is 16.2. The molecule has 0 N–H and O–H groups in total. The molecule has 4 heterocycles. The standard InChI is InChI=1S/C22H28N4O/c27-21-22(8-3-11-25(21)15-18-6-7-18)9-13-24(17-22)16-20-5-2-12-26(20)19-4-1-10-23-14-19/h1-2,4-5,10,12,14,18H,3,6-9,11,13,15-17H2/t22-/m0/s1. The molecule has 0 radical (unpaired) electrons. The first-order valence-electron chi connectivity index (χ1n) is 10.3. The van der Waals surface area contributed by atoms with Crippen LogP contribution in [-0.2, 0) is 11.3 Å². The summed E-state index contributed by atoms with van der Waals surface area (Å²) in [6.45, 7) is 4.79. The molecule has 2 aliphatic heterocycles. The van der Waals surface area contributed by atoms with Crippen molar-refractivity contribution in [3.8, 4) is 5.69 Å². The molecule has 1 aliphatic carbocycles. The Morgan fingerprint density at radius 1 is 1.15 bits per heavy atom. The molecule has 2 aromatic heterocycles. The Morgan fingerprint density at radius 2 is 2.07 bits per heavy atom. The summed E-state index contributed by atoms with van der Waals surface area (Å²) in [7, 11) is 0. The number of rotatable bonds is 5. The Morgan fingerprint density at radius 3 is 2.89 bits per heavy atom. The van der Waals surface area contributed by atoms with Crippen LogP contribution in [0.4, 0.5) is 0 Å². The Kier molecular flexibility index (Phi) is 4.27. The van der Waals surface area contributed by atoms with E-state index < -0.39 is 0 Å². The number of amides is 1. The second-order valence-electron chi connectivity index (χ2n) is 8.62. The lowest BCUT2D eigenvalue weighted by atomic mass is 9.78. The maximum Gasteiger partial charge on any atom is 0.230 e. The smallest absolute Gasteiger partial charge is 0.230 e. The molecular formula is C22H28N4O. The molecule has 5 nitrogen and oxygen atoms in total. The van der Waals surface area contributed by atoms with E-state index in [0.29, 0.717) is 5.91 Å². The van der Waals surface area contributed by atoms with Gasteiger partial charge in [-0.1, -0.05) is 0 Å². The van der Waals surface area contributed by atoms with E-state index in [2.05, 4.69) is 43.7 Å². The lowest BCUT2D eigenvalue weighted by molar-refractivity contribution is -0.145. The number of carbonyl (C=O) groups is 1. The number of likely N-dealkylation sites (tertiary alicyclic amines) is 2. The number of piperidine rings is 1. The van der Waals surface area contributed by atoms with E-state index in [0.717, 1.165) is 57.2 Å². The van der Waals surface area contributed by atoms with Gasteiger partial charge in [-0.3, -0.25) is 14.7 Å². The maximum absolute atomic E-state index is 13.2. The molecule has 5 rings (SSSR count). The Balaban J connectivity index is 1.29. The van der Waals surface area contributed by atoms with Crippen molar-refractivity contribution >= 4 is 5.91 Å². The topological polar surface area (TPSA) is 41.4 Å². The molecule has 3 aliphatic rings. The third-order valence-electron chi connectivity index (χ3n) is 6.58. The zero-order chi connectivity index (χ0) is 18.3. The zero-order valence-electron chi connectivity index (χ0n) is 15.9. The Hall–Kier alpha value is -2.14. The number of nitrogens with zero attached hydrogens (tertiary/aromatic N) is 4. The highest BCUT2D eigenvalue weighted by Crippen LogP contribution is 2.42. The number of aromatic nitrogens is 2. The first-order chi connectivity index (χ1) is 13.2. The molecule has 0 unspecified atom stereocenters. The summed E-state index contributed by atoms with van der Waals surface area (Å²) < 4.78 is 2.21. The van der Waals surface area contributed by atoms with Crippen LogP contribution in [0.25, 0.3) is 5.69 Å². The van der Waals surface area contributed by atoms with Gasteiger partial charge in [-0.2, -0.15) is 0 Å². The molecule has 142 valence electrons. The van der Waals surface area contributed by atoms with Gasteiger partial charge in [0.2, 0.25) is 5.91 Å². The molecule has 1 amide bonds. The summed E-state index contributed by atoms with van der Waals surface area (Å²) in [5, 5.41) is 0. The van der Waals surface area contributed by atoms with Crippen LogP contribution in [0.1, 0.15) is 37.8 Å². The van der Waals surface area contributed by atoms with Crippen molar-refractivity contribution in [2.75, 3.05) is 26.2 Å². The summed E-state index contributed by atoms with van der Waals surface area (Å²) in [4.78, 5) is 22.1. The van der Waals surface area contributed by atoms with Crippen LogP contribution in [0.3, 0.4) is 0 Å². The molecule has 5 heteroatoms. The fraction of sp³-hybridized carbons (Fsp3) is 0.545. The fourth-order valence-electron chi connectivity index (χ4n) is 4.93. The summed E-state index contributed by atoms with van der Waals surface area (Å²) >= 11 is 0. The normalized spacial score (nSPS) is 26.2.